The number of ether oxygens (including phenoxy) is 3. The summed E-state index contributed by atoms with van der Waals surface area (Å²) in [7, 11) is 0. The third-order valence-corrected chi connectivity index (χ3v) is 9.46. The minimum atomic E-state index is -1.77. The van der Waals surface area contributed by atoms with Crippen molar-refractivity contribution in [2.24, 2.45) is 34.0 Å². The van der Waals surface area contributed by atoms with Crippen LogP contribution >= 0.6 is 0 Å². The number of fused-ring (bicyclic) bond motifs is 1. The smallest absolute Gasteiger partial charge is 0.338 e. The fourth-order valence-electron chi connectivity index (χ4n) is 8.05. The SMILES string of the molecule is C=C1C(=O)[C@@]23C(=O)O[C@H]4CCC(C)(C)[C@H]5C(=O)OC[C@@]45[C@@H]2CC[C@@H]1[C@H]3OC(=O)c1ccc(F)cc1. The Labute approximate surface area is 202 Å². The summed E-state index contributed by atoms with van der Waals surface area (Å²) >= 11 is 0. The molecule has 2 aliphatic heterocycles. The predicted molar refractivity (Wildman–Crippen MR) is 118 cm³/mol. The number of carbonyl (C=O) groups excluding carboxylic acids is 4. The Balaban J connectivity index is 1.48. The second-order valence-corrected chi connectivity index (χ2v) is 11.4. The summed E-state index contributed by atoms with van der Waals surface area (Å²) in [5.41, 5.74) is -2.71. The van der Waals surface area contributed by atoms with Crippen LogP contribution in [0, 0.1) is 39.8 Å². The van der Waals surface area contributed by atoms with E-state index < -0.39 is 69.7 Å². The molecule has 0 amide bonds. The average molecular weight is 483 g/mol. The maximum absolute atomic E-state index is 13.9. The molecule has 0 N–H and O–H groups in total. The van der Waals surface area contributed by atoms with Crippen LogP contribution in [-0.2, 0) is 28.6 Å². The third-order valence-electron chi connectivity index (χ3n) is 9.46. The lowest BCUT2D eigenvalue weighted by Crippen LogP contribution is -2.71. The first-order chi connectivity index (χ1) is 16.5. The number of hydrogen-bond donors (Lipinski definition) is 0. The summed E-state index contributed by atoms with van der Waals surface area (Å²) in [5.74, 6) is -4.44. The van der Waals surface area contributed by atoms with Gasteiger partial charge in [-0.2, -0.15) is 0 Å². The Morgan fingerprint density at radius 3 is 2.54 bits per heavy atom. The van der Waals surface area contributed by atoms with Crippen molar-refractivity contribution >= 4 is 23.7 Å². The highest BCUT2D eigenvalue weighted by Gasteiger charge is 2.81. The molecule has 0 radical (unpaired) electrons. The molecule has 1 aromatic carbocycles. The maximum atomic E-state index is 13.9. The monoisotopic (exact) mass is 482 g/mol. The number of ketones is 1. The van der Waals surface area contributed by atoms with Gasteiger partial charge < -0.3 is 14.2 Å². The molecule has 2 heterocycles. The van der Waals surface area contributed by atoms with Gasteiger partial charge in [0.25, 0.3) is 0 Å². The summed E-state index contributed by atoms with van der Waals surface area (Å²) in [6.07, 6.45) is 0.566. The number of cyclic esters (lactones) is 1. The van der Waals surface area contributed by atoms with E-state index in [1.165, 1.54) is 12.1 Å². The molecular formula is C27H27FO7. The molecule has 35 heavy (non-hydrogen) atoms. The van der Waals surface area contributed by atoms with E-state index in [1.807, 2.05) is 13.8 Å². The fourth-order valence-corrected chi connectivity index (χ4v) is 8.05. The molecule has 0 aromatic heterocycles. The fraction of sp³-hybridized carbons (Fsp3) is 0.556. The van der Waals surface area contributed by atoms with Crippen LogP contribution in [0.3, 0.4) is 0 Å². The predicted octanol–water partition coefficient (Wildman–Crippen LogP) is 3.41. The van der Waals surface area contributed by atoms with E-state index >= 15 is 0 Å². The number of halogens is 1. The summed E-state index contributed by atoms with van der Waals surface area (Å²) < 4.78 is 30.9. The van der Waals surface area contributed by atoms with Crippen LogP contribution in [0.15, 0.2) is 36.4 Å². The standard InChI is InChI=1S/C27H27FO7/c1-13-16-8-9-17-26-12-33-23(31)19(26)25(2,3)11-10-18(26)34-24(32)27(17,20(13)29)21(16)35-22(30)14-4-6-15(28)7-5-14/h4-7,16-19,21H,1,8-12H2,2-3H3/t16-,17-,18-,19+,21+,26+,27-/m0/s1. The lowest BCUT2D eigenvalue weighted by molar-refractivity contribution is -0.244. The number of Topliss-reactive ketones (excluding diaryl/α,β-unsaturated/α-hetero) is 1. The van der Waals surface area contributed by atoms with Crippen molar-refractivity contribution in [1.29, 1.82) is 0 Å². The van der Waals surface area contributed by atoms with Gasteiger partial charge in [-0.1, -0.05) is 20.4 Å². The number of benzene rings is 1. The van der Waals surface area contributed by atoms with E-state index in [-0.39, 0.29) is 23.7 Å². The molecular weight excluding hydrogens is 455 g/mol. The molecule has 7 atom stereocenters. The van der Waals surface area contributed by atoms with Crippen molar-refractivity contribution in [2.45, 2.75) is 51.7 Å². The van der Waals surface area contributed by atoms with E-state index in [0.29, 0.717) is 25.7 Å². The van der Waals surface area contributed by atoms with E-state index in [4.69, 9.17) is 14.2 Å². The summed E-state index contributed by atoms with van der Waals surface area (Å²) in [5, 5.41) is 0. The van der Waals surface area contributed by atoms with Crippen LogP contribution in [0.2, 0.25) is 0 Å². The van der Waals surface area contributed by atoms with Gasteiger partial charge in [0.2, 0.25) is 0 Å². The van der Waals surface area contributed by atoms with Crippen LogP contribution < -0.4 is 0 Å². The van der Waals surface area contributed by atoms with Crippen molar-refractivity contribution in [1.82, 2.24) is 0 Å². The van der Waals surface area contributed by atoms with Gasteiger partial charge in [-0.15, -0.1) is 0 Å². The molecule has 3 aliphatic carbocycles. The van der Waals surface area contributed by atoms with Crippen LogP contribution in [0.5, 0.6) is 0 Å². The molecule has 5 aliphatic rings. The van der Waals surface area contributed by atoms with Crippen molar-refractivity contribution in [2.75, 3.05) is 6.61 Å². The van der Waals surface area contributed by atoms with Gasteiger partial charge in [0, 0.05) is 5.92 Å². The average Bonchev–Trinajstić information content (AvgIpc) is 3.23. The molecule has 3 saturated carbocycles. The van der Waals surface area contributed by atoms with E-state index in [9.17, 15) is 23.6 Å². The highest BCUT2D eigenvalue weighted by Crippen LogP contribution is 2.71. The molecule has 2 saturated heterocycles. The molecule has 1 aromatic rings. The van der Waals surface area contributed by atoms with E-state index in [2.05, 4.69) is 6.58 Å². The van der Waals surface area contributed by atoms with Crippen LogP contribution in [-0.4, -0.2) is 42.5 Å². The topological polar surface area (TPSA) is 96.0 Å². The number of hydrogen-bond acceptors (Lipinski definition) is 7. The molecule has 8 heteroatoms. The largest absolute Gasteiger partial charge is 0.465 e. The zero-order valence-electron chi connectivity index (χ0n) is 19.7. The highest BCUT2D eigenvalue weighted by atomic mass is 19.1. The van der Waals surface area contributed by atoms with Crippen molar-refractivity contribution in [3.05, 3.63) is 47.8 Å². The quantitative estimate of drug-likeness (QED) is 0.276. The first-order valence-electron chi connectivity index (χ1n) is 12.1. The van der Waals surface area contributed by atoms with Crippen molar-refractivity contribution in [3.63, 3.8) is 0 Å². The Hall–Kier alpha value is -3.03. The number of esters is 3. The Bertz CT molecular complexity index is 1190. The van der Waals surface area contributed by atoms with Gasteiger partial charge in [-0.05, 0) is 66.9 Å². The van der Waals surface area contributed by atoms with Crippen LogP contribution in [0.4, 0.5) is 4.39 Å². The lowest BCUT2D eigenvalue weighted by Gasteiger charge is -2.61. The lowest BCUT2D eigenvalue weighted by atomic mass is 9.43. The van der Waals surface area contributed by atoms with Gasteiger partial charge in [0.15, 0.2) is 11.2 Å². The van der Waals surface area contributed by atoms with Gasteiger partial charge in [-0.3, -0.25) is 14.4 Å². The second-order valence-electron chi connectivity index (χ2n) is 11.4. The van der Waals surface area contributed by atoms with Gasteiger partial charge in [0.1, 0.15) is 24.6 Å². The van der Waals surface area contributed by atoms with Gasteiger partial charge >= 0.3 is 17.9 Å². The summed E-state index contributed by atoms with van der Waals surface area (Å²) in [6.45, 7) is 8.06. The Morgan fingerprint density at radius 2 is 1.83 bits per heavy atom. The first-order valence-corrected chi connectivity index (χ1v) is 12.1. The zero-order valence-corrected chi connectivity index (χ0v) is 19.7. The Kier molecular flexibility index (Phi) is 4.50. The van der Waals surface area contributed by atoms with Gasteiger partial charge in [-0.25, -0.2) is 9.18 Å². The summed E-state index contributed by atoms with van der Waals surface area (Å²) in [6, 6.07) is 4.88. The molecule has 2 spiro atoms. The second kappa shape index (κ2) is 7.02. The molecule has 184 valence electrons. The van der Waals surface area contributed by atoms with Crippen molar-refractivity contribution < 1.29 is 37.8 Å². The molecule has 2 bridgehead atoms. The highest BCUT2D eigenvalue weighted by molar-refractivity contribution is 6.16. The zero-order chi connectivity index (χ0) is 24.9. The molecule has 0 unspecified atom stereocenters. The van der Waals surface area contributed by atoms with Crippen LogP contribution in [0.25, 0.3) is 0 Å². The Morgan fingerprint density at radius 1 is 1.11 bits per heavy atom. The van der Waals surface area contributed by atoms with E-state index in [0.717, 1.165) is 12.1 Å². The number of rotatable bonds is 2. The minimum absolute atomic E-state index is 0.0628. The maximum Gasteiger partial charge on any atom is 0.338 e. The minimum Gasteiger partial charge on any atom is -0.465 e. The van der Waals surface area contributed by atoms with E-state index in [1.54, 1.807) is 0 Å². The normalized spacial score (nSPS) is 40.8. The number of carbonyl (C=O) groups is 4. The van der Waals surface area contributed by atoms with Crippen molar-refractivity contribution in [3.8, 4) is 0 Å². The van der Waals surface area contributed by atoms with Crippen LogP contribution in [0.1, 0.15) is 49.9 Å². The van der Waals surface area contributed by atoms with Gasteiger partial charge in [0.05, 0.1) is 16.9 Å². The first kappa shape index (κ1) is 22.4. The summed E-state index contributed by atoms with van der Waals surface area (Å²) in [4.78, 5) is 53.8. The molecule has 7 nitrogen and oxygen atoms in total. The molecule has 6 rings (SSSR count). The third kappa shape index (κ3) is 2.60. The molecule has 5 fully saturated rings.